The topological polar surface area (TPSA) is 35.2 Å². The van der Waals surface area contributed by atoms with Gasteiger partial charge in [0.05, 0.1) is 6.10 Å². The summed E-state index contributed by atoms with van der Waals surface area (Å²) in [5.74, 6) is 0. The van der Waals surface area contributed by atoms with Crippen LogP contribution in [0.3, 0.4) is 0 Å². The van der Waals surface area contributed by atoms with Gasteiger partial charge in [-0.15, -0.1) is 0 Å². The lowest BCUT2D eigenvalue weighted by Gasteiger charge is -2.27. The van der Waals surface area contributed by atoms with Crippen LogP contribution in [0.1, 0.15) is 19.3 Å². The summed E-state index contributed by atoms with van der Waals surface area (Å²) in [5, 5.41) is 0. The van der Waals surface area contributed by atoms with Crippen molar-refractivity contribution < 1.29 is 4.74 Å². The summed E-state index contributed by atoms with van der Waals surface area (Å²) in [6.07, 6.45) is 5.98. The van der Waals surface area contributed by atoms with E-state index in [-0.39, 0.29) is 0 Å². The smallest absolute Gasteiger partial charge is 0.0645 e. The van der Waals surface area contributed by atoms with Crippen LogP contribution in [0, 0.1) is 0 Å². The molecule has 2 heteroatoms. The Bertz CT molecular complexity index is 123. The first-order valence-electron chi connectivity index (χ1n) is 3.77. The molecule has 0 atom stereocenters. The fraction of sp³-hybridized carbons (Fsp3) is 0.750. The second-order valence-electron chi connectivity index (χ2n) is 2.71. The predicted octanol–water partition coefficient (Wildman–Crippen LogP) is 1.07. The quantitative estimate of drug-likeness (QED) is 0.597. The Kier molecular flexibility index (Phi) is 2.90. The number of hydrogen-bond donors (Lipinski definition) is 1. The van der Waals surface area contributed by atoms with Gasteiger partial charge in [0.15, 0.2) is 0 Å². The van der Waals surface area contributed by atoms with Gasteiger partial charge in [-0.05, 0) is 25.8 Å². The molecule has 1 aliphatic rings. The van der Waals surface area contributed by atoms with Crippen LogP contribution in [0.25, 0.3) is 0 Å². The van der Waals surface area contributed by atoms with E-state index < -0.39 is 0 Å². The summed E-state index contributed by atoms with van der Waals surface area (Å²) in [6.45, 7) is 0.765. The van der Waals surface area contributed by atoms with Crippen molar-refractivity contribution in [3.8, 4) is 0 Å². The van der Waals surface area contributed by atoms with Crippen molar-refractivity contribution in [3.05, 3.63) is 11.6 Å². The first-order valence-corrected chi connectivity index (χ1v) is 3.77. The Morgan fingerprint density at radius 3 is 2.90 bits per heavy atom. The van der Waals surface area contributed by atoms with E-state index in [9.17, 15) is 0 Å². The third kappa shape index (κ3) is 1.82. The zero-order valence-electron chi connectivity index (χ0n) is 6.47. The van der Waals surface area contributed by atoms with Crippen LogP contribution in [-0.4, -0.2) is 19.8 Å². The molecule has 1 fully saturated rings. The molecule has 0 aromatic rings. The van der Waals surface area contributed by atoms with E-state index in [1.165, 1.54) is 5.57 Å². The standard InChI is InChI=1S/C8H15NO/c1-10-8-5-7(6-8)3-2-4-9/h3,8H,2,4-6,9H2,1H3. The van der Waals surface area contributed by atoms with E-state index in [0.717, 1.165) is 25.8 Å². The monoisotopic (exact) mass is 141 g/mol. The van der Waals surface area contributed by atoms with Crippen molar-refractivity contribution in [1.82, 2.24) is 0 Å². The van der Waals surface area contributed by atoms with Crippen LogP contribution in [-0.2, 0) is 4.74 Å². The minimum absolute atomic E-state index is 0.490. The van der Waals surface area contributed by atoms with Gasteiger partial charge in [0, 0.05) is 7.11 Å². The predicted molar refractivity (Wildman–Crippen MR) is 41.8 cm³/mol. The highest BCUT2D eigenvalue weighted by molar-refractivity contribution is 5.14. The summed E-state index contributed by atoms with van der Waals surface area (Å²) >= 11 is 0. The van der Waals surface area contributed by atoms with Crippen LogP contribution in [0.5, 0.6) is 0 Å². The van der Waals surface area contributed by atoms with Crippen LogP contribution in [0.15, 0.2) is 11.6 Å². The van der Waals surface area contributed by atoms with Gasteiger partial charge >= 0.3 is 0 Å². The molecule has 2 nitrogen and oxygen atoms in total. The SMILES string of the molecule is COC1CC(=CCCN)C1. The number of hydrogen-bond acceptors (Lipinski definition) is 2. The van der Waals surface area contributed by atoms with Crippen molar-refractivity contribution in [2.24, 2.45) is 5.73 Å². The molecule has 0 aliphatic heterocycles. The molecule has 2 N–H and O–H groups in total. The molecule has 0 amide bonds. The lowest BCUT2D eigenvalue weighted by molar-refractivity contribution is 0.0723. The molecule has 10 heavy (non-hydrogen) atoms. The minimum atomic E-state index is 0.490. The van der Waals surface area contributed by atoms with Crippen molar-refractivity contribution in [1.29, 1.82) is 0 Å². The largest absolute Gasteiger partial charge is 0.381 e. The average molecular weight is 141 g/mol. The molecule has 0 saturated heterocycles. The Labute approximate surface area is 62.1 Å². The Hall–Kier alpha value is -0.340. The molecule has 0 bridgehead atoms. The van der Waals surface area contributed by atoms with Gasteiger partial charge in [0.1, 0.15) is 0 Å². The van der Waals surface area contributed by atoms with Crippen LogP contribution < -0.4 is 5.73 Å². The minimum Gasteiger partial charge on any atom is -0.381 e. The van der Waals surface area contributed by atoms with E-state index in [1.54, 1.807) is 7.11 Å². The summed E-state index contributed by atoms with van der Waals surface area (Å²) < 4.78 is 5.12. The first-order chi connectivity index (χ1) is 4.86. The summed E-state index contributed by atoms with van der Waals surface area (Å²) in [6, 6.07) is 0. The Morgan fingerprint density at radius 1 is 1.70 bits per heavy atom. The second-order valence-corrected chi connectivity index (χ2v) is 2.71. The highest BCUT2D eigenvalue weighted by atomic mass is 16.5. The van der Waals surface area contributed by atoms with Gasteiger partial charge in [-0.1, -0.05) is 11.6 Å². The number of nitrogens with two attached hydrogens (primary N) is 1. The normalized spacial score (nSPS) is 24.2. The fourth-order valence-electron chi connectivity index (χ4n) is 1.15. The lowest BCUT2D eigenvalue weighted by Crippen LogP contribution is -2.22. The zero-order valence-corrected chi connectivity index (χ0v) is 6.47. The maximum atomic E-state index is 5.35. The highest BCUT2D eigenvalue weighted by Gasteiger charge is 2.21. The molecule has 1 rings (SSSR count). The van der Waals surface area contributed by atoms with Crippen LogP contribution in [0.2, 0.25) is 0 Å². The third-order valence-corrected chi connectivity index (χ3v) is 1.91. The molecule has 0 heterocycles. The van der Waals surface area contributed by atoms with Crippen LogP contribution in [0.4, 0.5) is 0 Å². The Balaban J connectivity index is 2.12. The molecule has 0 spiro atoms. The first kappa shape index (κ1) is 7.76. The molecule has 0 unspecified atom stereocenters. The van der Waals surface area contributed by atoms with Gasteiger partial charge in [-0.3, -0.25) is 0 Å². The molecule has 58 valence electrons. The van der Waals surface area contributed by atoms with Gasteiger partial charge < -0.3 is 10.5 Å². The van der Waals surface area contributed by atoms with Gasteiger partial charge in [-0.25, -0.2) is 0 Å². The van der Waals surface area contributed by atoms with E-state index in [4.69, 9.17) is 10.5 Å². The van der Waals surface area contributed by atoms with Gasteiger partial charge in [-0.2, -0.15) is 0 Å². The summed E-state index contributed by atoms with van der Waals surface area (Å²) in [5.41, 5.74) is 6.86. The maximum absolute atomic E-state index is 5.35. The lowest BCUT2D eigenvalue weighted by atomic mass is 9.88. The zero-order chi connectivity index (χ0) is 7.40. The fourth-order valence-corrected chi connectivity index (χ4v) is 1.15. The third-order valence-electron chi connectivity index (χ3n) is 1.91. The number of methoxy groups -OCH3 is 1. The van der Waals surface area contributed by atoms with Gasteiger partial charge in [0.25, 0.3) is 0 Å². The molecule has 0 radical (unpaired) electrons. The number of ether oxygens (including phenoxy) is 1. The van der Waals surface area contributed by atoms with Crippen molar-refractivity contribution in [3.63, 3.8) is 0 Å². The molecular weight excluding hydrogens is 126 g/mol. The van der Waals surface area contributed by atoms with Crippen LogP contribution >= 0.6 is 0 Å². The summed E-state index contributed by atoms with van der Waals surface area (Å²) in [4.78, 5) is 0. The molecule has 1 aliphatic carbocycles. The van der Waals surface area contributed by atoms with E-state index >= 15 is 0 Å². The Morgan fingerprint density at radius 2 is 2.40 bits per heavy atom. The highest BCUT2D eigenvalue weighted by Crippen LogP contribution is 2.28. The van der Waals surface area contributed by atoms with Crippen molar-refractivity contribution in [2.45, 2.75) is 25.4 Å². The molecular formula is C8H15NO. The number of rotatable bonds is 3. The average Bonchev–Trinajstić information content (AvgIpc) is 1.86. The van der Waals surface area contributed by atoms with Gasteiger partial charge in [0.2, 0.25) is 0 Å². The van der Waals surface area contributed by atoms with Crippen molar-refractivity contribution >= 4 is 0 Å². The van der Waals surface area contributed by atoms with E-state index in [0.29, 0.717) is 6.10 Å². The summed E-state index contributed by atoms with van der Waals surface area (Å²) in [7, 11) is 1.77. The van der Waals surface area contributed by atoms with E-state index in [1.807, 2.05) is 0 Å². The molecule has 1 saturated carbocycles. The van der Waals surface area contributed by atoms with Crippen molar-refractivity contribution in [2.75, 3.05) is 13.7 Å². The second kappa shape index (κ2) is 3.74. The molecule has 0 aromatic carbocycles. The van der Waals surface area contributed by atoms with E-state index in [2.05, 4.69) is 6.08 Å². The maximum Gasteiger partial charge on any atom is 0.0645 e. The molecule has 0 aromatic heterocycles.